The van der Waals surface area contributed by atoms with E-state index in [1.54, 1.807) is 40.5 Å². The van der Waals surface area contributed by atoms with Gasteiger partial charge < -0.3 is 4.90 Å². The third-order valence-corrected chi connectivity index (χ3v) is 5.91. The van der Waals surface area contributed by atoms with Crippen LogP contribution in [0.2, 0.25) is 0 Å². The van der Waals surface area contributed by atoms with Crippen LogP contribution in [-0.2, 0) is 24.3 Å². The largest absolute Gasteiger partial charge is 0.336 e. The standard InChI is InChI=1S/C23H22N4O2S/c1-17-11-12-19(30-17)15-26(14-13-18-7-3-2-4-8-18)22(28)16-27-23(29)20-9-5-6-10-21(20)24-25-27/h2-12H,13-16H2,1H3. The Morgan fingerprint density at radius 3 is 2.57 bits per heavy atom. The summed E-state index contributed by atoms with van der Waals surface area (Å²) in [6, 6.07) is 21.2. The zero-order chi connectivity index (χ0) is 20.9. The van der Waals surface area contributed by atoms with E-state index in [9.17, 15) is 9.59 Å². The van der Waals surface area contributed by atoms with Gasteiger partial charge in [-0.15, -0.1) is 16.4 Å². The molecule has 0 spiro atoms. The molecule has 0 saturated heterocycles. The predicted octanol–water partition coefficient (Wildman–Crippen LogP) is 3.43. The number of nitrogens with zero attached hydrogens (tertiary/aromatic N) is 4. The van der Waals surface area contributed by atoms with Gasteiger partial charge in [0.1, 0.15) is 12.1 Å². The van der Waals surface area contributed by atoms with Gasteiger partial charge in [-0.1, -0.05) is 47.7 Å². The molecule has 0 aliphatic heterocycles. The van der Waals surface area contributed by atoms with Crippen LogP contribution < -0.4 is 5.56 Å². The Balaban J connectivity index is 1.55. The molecule has 0 fully saturated rings. The Hall–Kier alpha value is -3.32. The highest BCUT2D eigenvalue weighted by molar-refractivity contribution is 7.11. The minimum atomic E-state index is -0.302. The van der Waals surface area contributed by atoms with Crippen LogP contribution in [0, 0.1) is 6.92 Å². The summed E-state index contributed by atoms with van der Waals surface area (Å²) in [7, 11) is 0. The molecule has 6 nitrogen and oxygen atoms in total. The van der Waals surface area contributed by atoms with Crippen LogP contribution in [0.3, 0.4) is 0 Å². The maximum absolute atomic E-state index is 13.1. The molecular formula is C23H22N4O2S. The van der Waals surface area contributed by atoms with Crippen molar-refractivity contribution in [1.82, 2.24) is 19.9 Å². The molecule has 4 rings (SSSR count). The van der Waals surface area contributed by atoms with Gasteiger partial charge in [0.25, 0.3) is 5.56 Å². The van der Waals surface area contributed by atoms with Crippen LogP contribution in [0.4, 0.5) is 0 Å². The van der Waals surface area contributed by atoms with Crippen molar-refractivity contribution in [2.24, 2.45) is 0 Å². The van der Waals surface area contributed by atoms with Crippen LogP contribution in [-0.4, -0.2) is 32.3 Å². The van der Waals surface area contributed by atoms with E-state index in [1.807, 2.05) is 24.3 Å². The van der Waals surface area contributed by atoms with Crippen molar-refractivity contribution >= 4 is 28.1 Å². The third-order valence-electron chi connectivity index (χ3n) is 4.92. The molecule has 7 heteroatoms. The Morgan fingerprint density at radius 1 is 1.03 bits per heavy atom. The molecule has 0 bridgehead atoms. The van der Waals surface area contributed by atoms with Crippen LogP contribution in [0.1, 0.15) is 15.3 Å². The van der Waals surface area contributed by atoms with Gasteiger partial charge in [0.2, 0.25) is 5.91 Å². The SMILES string of the molecule is Cc1ccc(CN(CCc2ccccc2)C(=O)Cn2nnc3ccccc3c2=O)s1. The Kier molecular flexibility index (Phi) is 5.99. The van der Waals surface area contributed by atoms with Gasteiger partial charge in [-0.3, -0.25) is 9.59 Å². The van der Waals surface area contributed by atoms with Gasteiger partial charge in [-0.05, 0) is 43.2 Å². The molecule has 2 heterocycles. The van der Waals surface area contributed by atoms with Gasteiger partial charge in [-0.25, -0.2) is 4.68 Å². The van der Waals surface area contributed by atoms with E-state index in [-0.39, 0.29) is 18.0 Å². The molecule has 1 amide bonds. The molecule has 0 aliphatic carbocycles. The summed E-state index contributed by atoms with van der Waals surface area (Å²) < 4.78 is 1.15. The number of amides is 1. The normalized spacial score (nSPS) is 11.0. The summed E-state index contributed by atoms with van der Waals surface area (Å²) in [4.78, 5) is 30.0. The topological polar surface area (TPSA) is 68.1 Å². The fourth-order valence-electron chi connectivity index (χ4n) is 3.31. The highest BCUT2D eigenvalue weighted by Crippen LogP contribution is 2.18. The molecule has 2 aromatic carbocycles. The number of aromatic nitrogens is 3. The Labute approximate surface area is 178 Å². The molecule has 0 saturated carbocycles. The lowest BCUT2D eigenvalue weighted by Crippen LogP contribution is -2.38. The number of fused-ring (bicyclic) bond motifs is 1. The quantitative estimate of drug-likeness (QED) is 0.461. The van der Waals surface area contributed by atoms with E-state index in [1.165, 1.54) is 10.4 Å². The average Bonchev–Trinajstić information content (AvgIpc) is 3.18. The maximum atomic E-state index is 13.1. The minimum Gasteiger partial charge on any atom is -0.336 e. The first-order chi connectivity index (χ1) is 14.6. The summed E-state index contributed by atoms with van der Waals surface area (Å²) in [6.07, 6.45) is 0.745. The first kappa shape index (κ1) is 20.0. The lowest BCUT2D eigenvalue weighted by Gasteiger charge is -2.22. The van der Waals surface area contributed by atoms with Crippen molar-refractivity contribution in [2.75, 3.05) is 6.54 Å². The monoisotopic (exact) mass is 418 g/mol. The van der Waals surface area contributed by atoms with Crippen LogP contribution in [0.5, 0.6) is 0 Å². The first-order valence-electron chi connectivity index (χ1n) is 9.80. The number of aryl methyl sites for hydroxylation is 1. The summed E-state index contributed by atoms with van der Waals surface area (Å²) in [5, 5.41) is 8.51. The molecular weight excluding hydrogens is 396 g/mol. The van der Waals surface area contributed by atoms with E-state index >= 15 is 0 Å². The second-order valence-electron chi connectivity index (χ2n) is 7.13. The maximum Gasteiger partial charge on any atom is 0.278 e. The lowest BCUT2D eigenvalue weighted by molar-refractivity contribution is -0.132. The molecule has 0 radical (unpaired) electrons. The molecule has 2 aromatic heterocycles. The number of thiophene rings is 1. The van der Waals surface area contributed by atoms with Crippen molar-refractivity contribution in [2.45, 2.75) is 26.4 Å². The number of benzene rings is 2. The fourth-order valence-corrected chi connectivity index (χ4v) is 4.22. The highest BCUT2D eigenvalue weighted by atomic mass is 32.1. The molecule has 4 aromatic rings. The van der Waals surface area contributed by atoms with Gasteiger partial charge in [0, 0.05) is 16.3 Å². The molecule has 152 valence electrons. The summed E-state index contributed by atoms with van der Waals surface area (Å²) >= 11 is 1.68. The lowest BCUT2D eigenvalue weighted by atomic mass is 10.1. The summed E-state index contributed by atoms with van der Waals surface area (Å²) in [5.74, 6) is -0.149. The van der Waals surface area contributed by atoms with Gasteiger partial charge in [0.05, 0.1) is 11.9 Å². The molecule has 0 unspecified atom stereocenters. The smallest absolute Gasteiger partial charge is 0.278 e. The second kappa shape index (κ2) is 9.00. The zero-order valence-electron chi connectivity index (χ0n) is 16.7. The van der Waals surface area contributed by atoms with Crippen molar-refractivity contribution in [3.05, 3.63) is 92.4 Å². The number of hydrogen-bond donors (Lipinski definition) is 0. The van der Waals surface area contributed by atoms with E-state index in [0.717, 1.165) is 16.0 Å². The fraction of sp³-hybridized carbons (Fsp3) is 0.217. The second-order valence-corrected chi connectivity index (χ2v) is 8.51. The van der Waals surface area contributed by atoms with Crippen molar-refractivity contribution < 1.29 is 4.79 Å². The van der Waals surface area contributed by atoms with E-state index < -0.39 is 0 Å². The Bertz CT molecular complexity index is 1220. The van der Waals surface area contributed by atoms with E-state index in [4.69, 9.17) is 0 Å². The number of carbonyl (C=O) groups is 1. The van der Waals surface area contributed by atoms with Crippen molar-refractivity contribution in [1.29, 1.82) is 0 Å². The molecule has 30 heavy (non-hydrogen) atoms. The minimum absolute atomic E-state index is 0.129. The van der Waals surface area contributed by atoms with Gasteiger partial charge in [0.15, 0.2) is 0 Å². The van der Waals surface area contributed by atoms with E-state index in [2.05, 4.69) is 35.4 Å². The number of carbonyl (C=O) groups excluding carboxylic acids is 1. The van der Waals surface area contributed by atoms with E-state index in [0.29, 0.717) is 24.0 Å². The van der Waals surface area contributed by atoms with Crippen LogP contribution in [0.25, 0.3) is 10.9 Å². The summed E-state index contributed by atoms with van der Waals surface area (Å²) in [6.45, 7) is 3.00. The van der Waals surface area contributed by atoms with Crippen LogP contribution >= 0.6 is 11.3 Å². The number of rotatable bonds is 7. The Morgan fingerprint density at radius 2 is 1.80 bits per heavy atom. The first-order valence-corrected chi connectivity index (χ1v) is 10.6. The van der Waals surface area contributed by atoms with Gasteiger partial charge >= 0.3 is 0 Å². The predicted molar refractivity (Wildman–Crippen MR) is 118 cm³/mol. The molecule has 0 atom stereocenters. The number of hydrogen-bond acceptors (Lipinski definition) is 5. The average molecular weight is 419 g/mol. The molecule has 0 aliphatic rings. The molecule has 0 N–H and O–H groups in total. The zero-order valence-corrected chi connectivity index (χ0v) is 17.5. The third kappa shape index (κ3) is 4.63. The van der Waals surface area contributed by atoms with Crippen molar-refractivity contribution in [3.8, 4) is 0 Å². The van der Waals surface area contributed by atoms with Crippen LogP contribution in [0.15, 0.2) is 71.5 Å². The summed E-state index contributed by atoms with van der Waals surface area (Å²) in [5.41, 5.74) is 1.39. The van der Waals surface area contributed by atoms with Crippen molar-refractivity contribution in [3.63, 3.8) is 0 Å². The van der Waals surface area contributed by atoms with Gasteiger partial charge in [-0.2, -0.15) is 0 Å². The highest BCUT2D eigenvalue weighted by Gasteiger charge is 2.18.